The van der Waals surface area contributed by atoms with E-state index in [2.05, 4.69) is 21.2 Å². The number of benzene rings is 2. The lowest BCUT2D eigenvalue weighted by atomic mass is 9.95. The number of esters is 1. The van der Waals surface area contributed by atoms with Crippen molar-refractivity contribution in [3.05, 3.63) is 73.5 Å². The zero-order chi connectivity index (χ0) is 24.8. The lowest BCUT2D eigenvalue weighted by Crippen LogP contribution is -2.15. The number of ether oxygens (including phenoxy) is 2. The number of amides is 1. The van der Waals surface area contributed by atoms with Gasteiger partial charge in [-0.1, -0.05) is 29.8 Å². The molecule has 1 amide bonds. The third kappa shape index (κ3) is 6.31. The molecule has 0 atom stereocenters. The summed E-state index contributed by atoms with van der Waals surface area (Å²) in [7, 11) is 0. The van der Waals surface area contributed by atoms with Crippen molar-refractivity contribution in [1.82, 2.24) is 0 Å². The van der Waals surface area contributed by atoms with Crippen LogP contribution in [0.2, 0.25) is 5.02 Å². The highest BCUT2D eigenvalue weighted by molar-refractivity contribution is 9.10. The normalized spacial score (nSPS) is 12.9. The molecule has 1 N–H and O–H groups in total. The van der Waals surface area contributed by atoms with Gasteiger partial charge >= 0.3 is 5.97 Å². The van der Waals surface area contributed by atoms with E-state index in [4.69, 9.17) is 26.1 Å². The standard InChI is InChI=1S/C26H24BrClN2O4S/c1-2-33-22(31)15-34-24-16(12-17(28)13-20(24)27)14-29-26-23(19-10-6-7-11-21(19)35-26)25(32)30-18-8-4-3-5-9-18/h3-5,8-9,12-14H,2,6-7,10-11,15H2,1H3,(H,30,32). The number of rotatable bonds is 8. The van der Waals surface area contributed by atoms with E-state index in [1.165, 1.54) is 4.88 Å². The van der Waals surface area contributed by atoms with E-state index < -0.39 is 5.97 Å². The van der Waals surface area contributed by atoms with Crippen molar-refractivity contribution in [3.8, 4) is 5.75 Å². The van der Waals surface area contributed by atoms with Gasteiger partial charge in [-0.3, -0.25) is 4.79 Å². The first kappa shape index (κ1) is 25.4. The molecule has 0 radical (unpaired) electrons. The van der Waals surface area contributed by atoms with Gasteiger partial charge in [0.1, 0.15) is 10.8 Å². The van der Waals surface area contributed by atoms with Gasteiger partial charge in [-0.25, -0.2) is 9.79 Å². The van der Waals surface area contributed by atoms with E-state index in [9.17, 15) is 9.59 Å². The molecule has 9 heteroatoms. The van der Waals surface area contributed by atoms with Crippen molar-refractivity contribution in [2.24, 2.45) is 4.99 Å². The van der Waals surface area contributed by atoms with Crippen LogP contribution in [-0.4, -0.2) is 31.3 Å². The molecule has 0 unspecified atom stereocenters. The predicted molar refractivity (Wildman–Crippen MR) is 144 cm³/mol. The van der Waals surface area contributed by atoms with Gasteiger partial charge in [0, 0.05) is 27.4 Å². The molecule has 0 spiro atoms. The van der Waals surface area contributed by atoms with Gasteiger partial charge in [-0.05, 0) is 78.4 Å². The zero-order valence-corrected chi connectivity index (χ0v) is 22.3. The first-order valence-corrected chi connectivity index (χ1v) is 13.3. The first-order chi connectivity index (χ1) is 17.0. The van der Waals surface area contributed by atoms with Crippen molar-refractivity contribution in [2.45, 2.75) is 32.6 Å². The highest BCUT2D eigenvalue weighted by Crippen LogP contribution is 2.41. The molecule has 6 nitrogen and oxygen atoms in total. The fourth-order valence-electron chi connectivity index (χ4n) is 3.88. The van der Waals surface area contributed by atoms with Crippen LogP contribution >= 0.6 is 38.9 Å². The number of hydrogen-bond acceptors (Lipinski definition) is 6. The molecular formula is C26H24BrClN2O4S. The number of nitrogens with one attached hydrogen (secondary N) is 1. The van der Waals surface area contributed by atoms with Gasteiger partial charge in [0.15, 0.2) is 6.61 Å². The number of fused-ring (bicyclic) bond motifs is 1. The number of thiophene rings is 1. The van der Waals surface area contributed by atoms with Crippen LogP contribution in [0, 0.1) is 0 Å². The second kappa shape index (κ2) is 11.8. The van der Waals surface area contributed by atoms with E-state index in [-0.39, 0.29) is 19.1 Å². The topological polar surface area (TPSA) is 77.0 Å². The average molecular weight is 576 g/mol. The van der Waals surface area contributed by atoms with Crippen molar-refractivity contribution < 1.29 is 19.1 Å². The number of aryl methyl sites for hydroxylation is 1. The van der Waals surface area contributed by atoms with Crippen molar-refractivity contribution in [2.75, 3.05) is 18.5 Å². The van der Waals surface area contributed by atoms with Gasteiger partial charge in [0.2, 0.25) is 0 Å². The molecule has 0 saturated carbocycles. The summed E-state index contributed by atoms with van der Waals surface area (Å²) in [6, 6.07) is 12.8. The Hall–Kier alpha value is -2.68. The highest BCUT2D eigenvalue weighted by Gasteiger charge is 2.25. The summed E-state index contributed by atoms with van der Waals surface area (Å²) < 4.78 is 11.3. The number of aliphatic imine (C=N–C) groups is 1. The Morgan fingerprint density at radius 3 is 2.74 bits per heavy atom. The van der Waals surface area contributed by atoms with E-state index >= 15 is 0 Å². The second-order valence-electron chi connectivity index (χ2n) is 7.87. The fourth-order valence-corrected chi connectivity index (χ4v) is 6.06. The van der Waals surface area contributed by atoms with Crippen LogP contribution in [0.3, 0.4) is 0 Å². The summed E-state index contributed by atoms with van der Waals surface area (Å²) in [5.74, 6) is -0.223. The maximum atomic E-state index is 13.3. The Morgan fingerprint density at radius 1 is 1.20 bits per heavy atom. The number of hydrogen-bond donors (Lipinski definition) is 1. The maximum Gasteiger partial charge on any atom is 0.344 e. The van der Waals surface area contributed by atoms with Crippen LogP contribution in [0.4, 0.5) is 10.7 Å². The van der Waals surface area contributed by atoms with Crippen molar-refractivity contribution in [3.63, 3.8) is 0 Å². The van der Waals surface area contributed by atoms with Gasteiger partial charge in [-0.15, -0.1) is 11.3 Å². The fraction of sp³-hybridized carbons (Fsp3) is 0.269. The molecule has 4 rings (SSSR count). The predicted octanol–water partition coefficient (Wildman–Crippen LogP) is 6.99. The summed E-state index contributed by atoms with van der Waals surface area (Å²) in [6.07, 6.45) is 5.57. The molecule has 1 heterocycles. The van der Waals surface area contributed by atoms with Gasteiger partial charge in [0.05, 0.1) is 16.6 Å². The smallest absolute Gasteiger partial charge is 0.344 e. The first-order valence-electron chi connectivity index (χ1n) is 11.3. The molecule has 182 valence electrons. The third-order valence-corrected chi connectivity index (χ3v) is 7.42. The third-order valence-electron chi connectivity index (χ3n) is 5.41. The number of nitrogens with zero attached hydrogens (tertiary/aromatic N) is 1. The Balaban J connectivity index is 1.67. The molecule has 3 aromatic rings. The quantitative estimate of drug-likeness (QED) is 0.232. The monoisotopic (exact) mass is 574 g/mol. The van der Waals surface area contributed by atoms with E-state index in [1.807, 2.05) is 30.3 Å². The molecule has 0 bridgehead atoms. The minimum atomic E-state index is -0.469. The molecule has 0 saturated heterocycles. The van der Waals surface area contributed by atoms with Crippen LogP contribution in [0.15, 0.2) is 51.9 Å². The molecule has 1 aromatic heterocycles. The summed E-state index contributed by atoms with van der Waals surface area (Å²) in [5.41, 5.74) is 3.00. The number of carbonyl (C=O) groups excluding carboxylic acids is 2. The minimum Gasteiger partial charge on any atom is -0.480 e. The number of para-hydroxylation sites is 1. The van der Waals surface area contributed by atoms with Gasteiger partial charge < -0.3 is 14.8 Å². The zero-order valence-electron chi connectivity index (χ0n) is 19.1. The number of anilines is 1. The summed E-state index contributed by atoms with van der Waals surface area (Å²) in [5, 5.41) is 4.11. The van der Waals surface area contributed by atoms with E-state index in [0.717, 1.165) is 36.9 Å². The Kier molecular flexibility index (Phi) is 8.59. The lowest BCUT2D eigenvalue weighted by molar-refractivity contribution is -0.145. The number of halogens is 2. The van der Waals surface area contributed by atoms with Crippen molar-refractivity contribution in [1.29, 1.82) is 0 Å². The minimum absolute atomic E-state index is 0.172. The Bertz CT molecular complexity index is 1260. The summed E-state index contributed by atoms with van der Waals surface area (Å²) in [6.45, 7) is 1.77. The molecule has 1 aliphatic rings. The van der Waals surface area contributed by atoms with Crippen LogP contribution in [0.5, 0.6) is 5.75 Å². The molecule has 0 aliphatic heterocycles. The molecule has 35 heavy (non-hydrogen) atoms. The van der Waals surface area contributed by atoms with Gasteiger partial charge in [-0.2, -0.15) is 0 Å². The molecule has 0 fully saturated rings. The SMILES string of the molecule is CCOC(=O)COc1c(Br)cc(Cl)cc1C=Nc1sc2c(c1C(=O)Nc1ccccc1)CCCC2. The Labute approximate surface area is 221 Å². The van der Waals surface area contributed by atoms with Gasteiger partial charge in [0.25, 0.3) is 5.91 Å². The average Bonchev–Trinajstić information content (AvgIpc) is 3.21. The molecule has 1 aliphatic carbocycles. The van der Waals surface area contributed by atoms with E-state index in [1.54, 1.807) is 36.6 Å². The van der Waals surface area contributed by atoms with Crippen LogP contribution in [0.1, 0.15) is 46.1 Å². The number of carbonyl (C=O) groups is 2. The van der Waals surface area contributed by atoms with Crippen molar-refractivity contribution >= 4 is 67.6 Å². The summed E-state index contributed by atoms with van der Waals surface area (Å²) >= 11 is 11.3. The summed E-state index contributed by atoms with van der Waals surface area (Å²) in [4.78, 5) is 31.0. The maximum absolute atomic E-state index is 13.3. The second-order valence-corrected chi connectivity index (χ2v) is 10.2. The van der Waals surface area contributed by atoms with Crippen LogP contribution in [-0.2, 0) is 22.4 Å². The Morgan fingerprint density at radius 2 is 1.97 bits per heavy atom. The molecular weight excluding hydrogens is 552 g/mol. The highest BCUT2D eigenvalue weighted by atomic mass is 79.9. The van der Waals surface area contributed by atoms with E-state index in [0.29, 0.717) is 31.4 Å². The largest absolute Gasteiger partial charge is 0.480 e. The molecule has 2 aromatic carbocycles. The lowest BCUT2D eigenvalue weighted by Gasteiger charge is -2.13. The van der Waals surface area contributed by atoms with Crippen LogP contribution < -0.4 is 10.1 Å². The van der Waals surface area contributed by atoms with Crippen LogP contribution in [0.25, 0.3) is 0 Å².